The van der Waals surface area contributed by atoms with E-state index in [-0.39, 0.29) is 172 Å². The number of carbonyl (C=O) groups excluding carboxylic acids is 5. The number of ketones is 1. The molecule has 0 heterocycles. The Labute approximate surface area is 619 Å². The van der Waals surface area contributed by atoms with Crippen molar-refractivity contribution in [1.29, 1.82) is 0 Å². The molecule has 27 nitrogen and oxygen atoms in total. The van der Waals surface area contributed by atoms with Crippen LogP contribution in [0.5, 0.6) is 0 Å². The fourth-order valence-electron chi connectivity index (χ4n) is 8.39. The third kappa shape index (κ3) is 80.5. The summed E-state index contributed by atoms with van der Waals surface area (Å²) in [6.07, 6.45) is 23.8. The first kappa shape index (κ1) is 103. The van der Waals surface area contributed by atoms with Crippen LogP contribution in [0.3, 0.4) is 0 Å². The van der Waals surface area contributed by atoms with Gasteiger partial charge < -0.3 is 100 Å². The maximum atomic E-state index is 13.1. The third-order valence-electron chi connectivity index (χ3n) is 13.4. The van der Waals surface area contributed by atoms with Crippen molar-refractivity contribution in [1.82, 2.24) is 21.3 Å². The van der Waals surface area contributed by atoms with Gasteiger partial charge in [0.15, 0.2) is 0 Å². The Balaban J connectivity index is -0.00000319. The molecule has 0 aliphatic carbocycles. The summed E-state index contributed by atoms with van der Waals surface area (Å²) in [4.78, 5) is 84.2. The Morgan fingerprint density at radius 2 is 0.691 bits per heavy atom. The van der Waals surface area contributed by atoms with Crippen LogP contribution in [0.4, 0.5) is 0 Å². The molecule has 30 heteroatoms. The van der Waals surface area contributed by atoms with E-state index in [0.717, 1.165) is 44.9 Å². The zero-order chi connectivity index (χ0) is 66.3. The predicted molar refractivity (Wildman–Crippen MR) is 366 cm³/mol. The zero-order valence-corrected chi connectivity index (χ0v) is 62.7. The van der Waals surface area contributed by atoms with Crippen molar-refractivity contribution < 1.29 is 152 Å². The second-order valence-electron chi connectivity index (χ2n) is 20.9. The smallest absolute Gasteiger partial charge is 0.693 e. The molecular formula is C64H125KN6O21S2. The van der Waals surface area contributed by atoms with Crippen molar-refractivity contribution in [2.24, 2.45) is 5.73 Å². The van der Waals surface area contributed by atoms with Crippen molar-refractivity contribution in [2.45, 2.75) is 179 Å². The molecule has 10 N–H and O–H groups in total. The molecule has 0 saturated carbocycles. The molecule has 550 valence electrons. The quantitative estimate of drug-likeness (QED) is 0.0261. The van der Waals surface area contributed by atoms with Crippen LogP contribution in [0.15, 0.2) is 0 Å². The van der Waals surface area contributed by atoms with Gasteiger partial charge in [-0.15, -0.1) is 12.3 Å². The van der Waals surface area contributed by atoms with Crippen LogP contribution in [0.25, 0.3) is 6.15 Å². The molecule has 0 fully saturated rings. The number of nitrogens with one attached hydrogen (secondary N) is 4. The van der Waals surface area contributed by atoms with E-state index in [2.05, 4.69) is 32.9 Å². The summed E-state index contributed by atoms with van der Waals surface area (Å²) in [7, 11) is 3.09. The molecule has 2 atom stereocenters. The third-order valence-corrected chi connectivity index (χ3v) is 13.4. The van der Waals surface area contributed by atoms with Gasteiger partial charge in [0.05, 0.1) is 159 Å². The summed E-state index contributed by atoms with van der Waals surface area (Å²) >= 11 is 0. The summed E-state index contributed by atoms with van der Waals surface area (Å²) in [5.74, 6) is -0.632. The van der Waals surface area contributed by atoms with Crippen LogP contribution < -0.4 is 78.4 Å². The Kier molecular flexibility index (Phi) is 93.0. The summed E-state index contributed by atoms with van der Waals surface area (Å²) < 4.78 is 65.8. The molecule has 0 saturated heterocycles. The van der Waals surface area contributed by atoms with Crippen LogP contribution in [0.1, 0.15) is 167 Å². The van der Waals surface area contributed by atoms with E-state index in [9.17, 15) is 38.7 Å². The SMILES string of the molecule is C#CCCC(=O)N[C@@H](CCCCCC(=O)CC[C@H](NC(=O)CCCCCCCCCCCCCCCCC(=O)O)C(=O)O)C(=O)NCCOCCOCCOCCOCCOCCOCCOCCOCCOCCOCCOCCOCCC(=O)NC.CN.S.S.[K+].[NH2-]. The van der Waals surface area contributed by atoms with Crippen molar-refractivity contribution in [3.05, 3.63) is 6.15 Å². The molecular weight excluding hydrogens is 1290 g/mol. The number of hydrogen-bond acceptors (Lipinski definition) is 20. The van der Waals surface area contributed by atoms with Crippen LogP contribution >= 0.6 is 27.0 Å². The largest absolute Gasteiger partial charge is 1.00 e. The van der Waals surface area contributed by atoms with E-state index in [1.165, 1.54) is 45.6 Å². The molecule has 0 aliphatic heterocycles. The maximum absolute atomic E-state index is 13.1. The molecule has 0 bridgehead atoms. The van der Waals surface area contributed by atoms with Gasteiger partial charge in [-0.25, -0.2) is 4.79 Å². The van der Waals surface area contributed by atoms with Crippen molar-refractivity contribution in [3.8, 4) is 12.3 Å². The van der Waals surface area contributed by atoms with Gasteiger partial charge >= 0.3 is 63.3 Å². The average Bonchev–Trinajstić information content (AvgIpc) is 3.40. The van der Waals surface area contributed by atoms with Crippen LogP contribution in [0.2, 0.25) is 0 Å². The molecule has 94 heavy (non-hydrogen) atoms. The van der Waals surface area contributed by atoms with Crippen LogP contribution in [0, 0.1) is 12.3 Å². The Morgan fingerprint density at radius 3 is 1.04 bits per heavy atom. The first-order valence-corrected chi connectivity index (χ1v) is 33.0. The van der Waals surface area contributed by atoms with E-state index in [0.29, 0.717) is 190 Å². The molecule has 0 rings (SSSR count). The normalized spacial score (nSPS) is 11.2. The monoisotopic (exact) mass is 1420 g/mol. The average molecular weight is 1420 g/mol. The van der Waals surface area contributed by atoms with Gasteiger partial charge in [0.1, 0.15) is 17.9 Å². The Morgan fingerprint density at radius 1 is 0.383 bits per heavy atom. The molecule has 0 aliphatic rings. The number of nitrogens with two attached hydrogens (primary N) is 2. The van der Waals surface area contributed by atoms with E-state index >= 15 is 0 Å². The zero-order valence-electron chi connectivity index (χ0n) is 57.6. The summed E-state index contributed by atoms with van der Waals surface area (Å²) in [5.41, 5.74) is 4.50. The van der Waals surface area contributed by atoms with Crippen molar-refractivity contribution in [3.63, 3.8) is 0 Å². The number of unbranched alkanes of at least 4 members (excludes halogenated alkanes) is 15. The standard InChI is InChI=1S/C63H114N4O21.CH5N.K.H2N.2H2S/c1-3-4-24-59(70)66-56(23-19-17-18-22-55(68)27-28-57(63(75)76)67-60(71)25-20-15-13-11-9-7-5-6-8-10-12-14-16-21-26-61(72)73)62(74)65-30-32-78-34-36-80-38-40-82-42-44-84-46-48-86-50-52-88-54-53-87-51-49-85-47-45-83-43-41-81-39-37-79-35-33-77-31-29-58(69)64-2;1-2;;;;/h1,56-57H,4-54H2,2H3,(H,64,69)(H,65,74)(H,66,70)(H,67,71)(H,72,73)(H,75,76);2H2,1H3;;3*1H2/q;;+1;-1;;/t56-,57-;;;;;/m0...../s1. The fraction of sp³-hybridized carbons (Fsp3) is 0.859. The summed E-state index contributed by atoms with van der Waals surface area (Å²) in [6.45, 7) is 10.4. The molecule has 0 radical (unpaired) electrons. The van der Waals surface area contributed by atoms with E-state index < -0.39 is 24.0 Å². The summed E-state index contributed by atoms with van der Waals surface area (Å²) in [5, 5.41) is 29.1. The maximum Gasteiger partial charge on any atom is 1.00 e. The molecule has 0 unspecified atom stereocenters. The number of aliphatic carboxylic acids is 2. The molecule has 4 amide bonds. The van der Waals surface area contributed by atoms with Crippen LogP contribution in [-0.4, -0.2) is 243 Å². The number of carboxylic acids is 2. The van der Waals surface area contributed by atoms with Gasteiger partial charge in [0.25, 0.3) is 0 Å². The number of amides is 4. The molecule has 0 spiro atoms. The first-order valence-electron chi connectivity index (χ1n) is 33.0. The van der Waals surface area contributed by atoms with E-state index in [1.807, 2.05) is 0 Å². The van der Waals surface area contributed by atoms with Gasteiger partial charge in [-0.05, 0) is 39.2 Å². The number of hydrogen-bond donors (Lipinski definition) is 7. The number of carboxylic acid groups (broad SMARTS) is 2. The number of Topliss-reactive ketones (excluding diaryl/α,β-unsaturated/α-hetero) is 1. The Hall–Kier alpha value is -2.17. The van der Waals surface area contributed by atoms with Gasteiger partial charge in [0, 0.05) is 58.5 Å². The van der Waals surface area contributed by atoms with Gasteiger partial charge in [0.2, 0.25) is 23.6 Å². The first-order chi connectivity index (χ1) is 44.0. The second kappa shape index (κ2) is 85.1. The summed E-state index contributed by atoms with van der Waals surface area (Å²) in [6, 6.07) is -1.92. The molecule has 0 aromatic carbocycles. The minimum Gasteiger partial charge on any atom is -0.693 e. The second-order valence-corrected chi connectivity index (χ2v) is 20.9. The Bertz CT molecular complexity index is 1760. The predicted octanol–water partition coefficient (Wildman–Crippen LogP) is 3.05. The van der Waals surface area contributed by atoms with Crippen LogP contribution in [-0.2, 0) is 90.4 Å². The topological polar surface area (TPSA) is 378 Å². The number of rotatable bonds is 71. The number of ether oxygens (including phenoxy) is 12. The molecule has 0 aromatic rings. The number of terminal acetylenes is 1. The minimum absolute atomic E-state index is 0. The molecule has 0 aromatic heterocycles. The van der Waals surface area contributed by atoms with Crippen molar-refractivity contribution >= 4 is 68.3 Å². The van der Waals surface area contributed by atoms with Gasteiger partial charge in [-0.3, -0.25) is 28.8 Å². The van der Waals surface area contributed by atoms with Gasteiger partial charge in [-0.2, -0.15) is 27.0 Å². The van der Waals surface area contributed by atoms with E-state index in [4.69, 9.17) is 68.4 Å². The minimum atomic E-state index is -1.17. The van der Waals surface area contributed by atoms with Gasteiger partial charge in [-0.1, -0.05) is 89.9 Å². The number of carbonyl (C=O) groups is 7. The van der Waals surface area contributed by atoms with Crippen molar-refractivity contribution in [2.75, 3.05) is 179 Å². The van der Waals surface area contributed by atoms with E-state index in [1.54, 1.807) is 7.05 Å². The fourth-order valence-corrected chi connectivity index (χ4v) is 8.39.